The van der Waals surface area contributed by atoms with Crippen LogP contribution >= 0.6 is 0 Å². The number of nitrogens with two attached hydrogens (primary N) is 1. The Labute approximate surface area is 188 Å². The van der Waals surface area contributed by atoms with Crippen LogP contribution in [0.2, 0.25) is 0 Å². The van der Waals surface area contributed by atoms with Gasteiger partial charge in [-0.1, -0.05) is 41.6 Å². The van der Waals surface area contributed by atoms with Gasteiger partial charge in [-0.15, -0.1) is 5.10 Å². The number of aryl methyl sites for hydroxylation is 1. The lowest BCUT2D eigenvalue weighted by atomic mass is 10.1. The Balaban J connectivity index is 1.53. The number of ether oxygens (including phenoxy) is 1. The molecule has 0 fully saturated rings. The van der Waals surface area contributed by atoms with E-state index in [1.807, 2.05) is 31.2 Å². The average molecular weight is 444 g/mol. The minimum absolute atomic E-state index is 0.0110. The van der Waals surface area contributed by atoms with E-state index in [0.717, 1.165) is 24.1 Å². The van der Waals surface area contributed by atoms with Crippen molar-refractivity contribution >= 4 is 17.4 Å². The number of hydrazone groups is 1. The fourth-order valence-corrected chi connectivity index (χ4v) is 3.77. The first-order valence-corrected chi connectivity index (χ1v) is 10.4. The highest BCUT2D eigenvalue weighted by molar-refractivity contribution is 6.06. The summed E-state index contributed by atoms with van der Waals surface area (Å²) in [6.07, 6.45) is 1.63. The minimum Gasteiger partial charge on any atom is -0.494 e. The molecule has 0 unspecified atom stereocenters. The van der Waals surface area contributed by atoms with Crippen molar-refractivity contribution in [2.24, 2.45) is 5.10 Å². The van der Waals surface area contributed by atoms with Crippen LogP contribution in [0.5, 0.6) is 5.75 Å². The standard InChI is InChI=1S/C22H20N8O3/c1-2-32-15-8-5-7-14(12-15)19-18(25-29-30(19)21-20(23)27-33-28-21)22(31)26-24-17-11-10-13-6-3-4-9-16(13)17/h3-9,12H,2,10-11H2,1H3,(H2,23,27)(H,26,31)/b24-17+. The van der Waals surface area contributed by atoms with Crippen LogP contribution < -0.4 is 15.9 Å². The van der Waals surface area contributed by atoms with Crippen LogP contribution in [0.3, 0.4) is 0 Å². The van der Waals surface area contributed by atoms with Crippen molar-refractivity contribution in [3.05, 3.63) is 65.4 Å². The van der Waals surface area contributed by atoms with Gasteiger partial charge in [0, 0.05) is 11.1 Å². The number of nitrogens with one attached hydrogen (secondary N) is 1. The van der Waals surface area contributed by atoms with E-state index in [1.165, 1.54) is 10.2 Å². The summed E-state index contributed by atoms with van der Waals surface area (Å²) in [6.45, 7) is 2.38. The lowest BCUT2D eigenvalue weighted by Crippen LogP contribution is -2.21. The summed E-state index contributed by atoms with van der Waals surface area (Å²) in [7, 11) is 0. The molecule has 0 saturated carbocycles. The molecule has 11 nitrogen and oxygen atoms in total. The van der Waals surface area contributed by atoms with Crippen molar-refractivity contribution in [2.45, 2.75) is 19.8 Å². The quantitative estimate of drug-likeness (QED) is 0.431. The molecule has 2 aromatic carbocycles. The average Bonchev–Trinajstić information content (AvgIpc) is 3.56. The van der Waals surface area contributed by atoms with Gasteiger partial charge in [0.1, 0.15) is 11.4 Å². The SMILES string of the molecule is CCOc1cccc(-c2c(C(=O)N/N=C3\CCc4ccccc43)nnn2-c2nonc2N)c1. The molecule has 1 aliphatic carbocycles. The Bertz CT molecular complexity index is 1360. The van der Waals surface area contributed by atoms with Gasteiger partial charge in [-0.2, -0.15) is 9.78 Å². The lowest BCUT2D eigenvalue weighted by Gasteiger charge is -2.08. The third kappa shape index (κ3) is 3.80. The van der Waals surface area contributed by atoms with Crippen molar-refractivity contribution in [1.29, 1.82) is 0 Å². The fraction of sp³-hybridized carbons (Fsp3) is 0.182. The van der Waals surface area contributed by atoms with Crippen LogP contribution in [0, 0.1) is 0 Å². The third-order valence-electron chi connectivity index (χ3n) is 5.25. The number of rotatable bonds is 6. The van der Waals surface area contributed by atoms with Gasteiger partial charge in [0.05, 0.1) is 12.3 Å². The summed E-state index contributed by atoms with van der Waals surface area (Å²) in [5.74, 6) is 0.236. The number of nitrogen functional groups attached to an aromatic ring is 1. The number of amides is 1. The van der Waals surface area contributed by atoms with Crippen molar-refractivity contribution in [2.75, 3.05) is 12.3 Å². The number of aromatic nitrogens is 5. The number of carbonyl (C=O) groups excluding carboxylic acids is 1. The van der Waals surface area contributed by atoms with E-state index in [0.29, 0.717) is 23.6 Å². The number of anilines is 1. The van der Waals surface area contributed by atoms with Gasteiger partial charge in [-0.3, -0.25) is 4.79 Å². The molecule has 1 amide bonds. The van der Waals surface area contributed by atoms with Crippen molar-refractivity contribution in [3.63, 3.8) is 0 Å². The molecule has 0 atom stereocenters. The van der Waals surface area contributed by atoms with Gasteiger partial charge in [-0.05, 0) is 47.8 Å². The van der Waals surface area contributed by atoms with Crippen molar-refractivity contribution in [1.82, 2.24) is 30.7 Å². The minimum atomic E-state index is -0.523. The maximum Gasteiger partial charge on any atom is 0.294 e. The summed E-state index contributed by atoms with van der Waals surface area (Å²) < 4.78 is 11.6. The molecule has 166 valence electrons. The highest BCUT2D eigenvalue weighted by Crippen LogP contribution is 2.29. The molecule has 2 aromatic heterocycles. The van der Waals surface area contributed by atoms with E-state index >= 15 is 0 Å². The second-order valence-corrected chi connectivity index (χ2v) is 7.29. The number of nitrogens with zero attached hydrogens (tertiary/aromatic N) is 6. The first kappa shape index (κ1) is 20.4. The molecule has 0 spiro atoms. The molecule has 0 saturated heterocycles. The Morgan fingerprint density at radius 1 is 1.21 bits per heavy atom. The second kappa shape index (κ2) is 8.54. The number of hydrogen-bond acceptors (Lipinski definition) is 9. The Kier molecular flexibility index (Phi) is 5.27. The van der Waals surface area contributed by atoms with Gasteiger partial charge >= 0.3 is 0 Å². The second-order valence-electron chi connectivity index (χ2n) is 7.29. The van der Waals surface area contributed by atoms with Crippen LogP contribution in [0.1, 0.15) is 35.0 Å². The maximum absolute atomic E-state index is 13.1. The Hall–Kier alpha value is -4.54. The largest absolute Gasteiger partial charge is 0.494 e. The number of carbonyl (C=O) groups is 1. The number of benzene rings is 2. The van der Waals surface area contributed by atoms with E-state index in [9.17, 15) is 4.79 Å². The van der Waals surface area contributed by atoms with Gasteiger partial charge in [0.15, 0.2) is 5.69 Å². The van der Waals surface area contributed by atoms with Crippen LogP contribution in [0.25, 0.3) is 17.1 Å². The molecule has 2 heterocycles. The van der Waals surface area contributed by atoms with Crippen LogP contribution in [-0.2, 0) is 6.42 Å². The molecule has 33 heavy (non-hydrogen) atoms. The molecule has 0 aliphatic heterocycles. The van der Waals surface area contributed by atoms with E-state index in [4.69, 9.17) is 15.1 Å². The highest BCUT2D eigenvalue weighted by Gasteiger charge is 2.26. The topological polar surface area (TPSA) is 146 Å². The molecule has 3 N–H and O–H groups in total. The molecule has 0 bridgehead atoms. The molecule has 11 heteroatoms. The maximum atomic E-state index is 13.1. The van der Waals surface area contributed by atoms with Gasteiger partial charge in [0.2, 0.25) is 11.6 Å². The third-order valence-corrected chi connectivity index (χ3v) is 5.25. The molecular weight excluding hydrogens is 424 g/mol. The number of hydrogen-bond donors (Lipinski definition) is 2. The van der Waals surface area contributed by atoms with E-state index in [2.05, 4.69) is 37.2 Å². The van der Waals surface area contributed by atoms with Gasteiger partial charge < -0.3 is 10.5 Å². The summed E-state index contributed by atoms with van der Waals surface area (Å²) in [5.41, 5.74) is 12.6. The van der Waals surface area contributed by atoms with Crippen LogP contribution in [-0.4, -0.2) is 43.5 Å². The Morgan fingerprint density at radius 2 is 2.09 bits per heavy atom. The normalized spacial score (nSPS) is 13.8. The molecule has 4 aromatic rings. The summed E-state index contributed by atoms with van der Waals surface area (Å²) >= 11 is 0. The lowest BCUT2D eigenvalue weighted by molar-refractivity contribution is 0.0950. The summed E-state index contributed by atoms with van der Waals surface area (Å²) in [6, 6.07) is 15.2. The first-order valence-electron chi connectivity index (χ1n) is 10.4. The highest BCUT2D eigenvalue weighted by atomic mass is 16.6. The van der Waals surface area contributed by atoms with E-state index < -0.39 is 5.91 Å². The van der Waals surface area contributed by atoms with Gasteiger partial charge in [-0.25, -0.2) is 10.1 Å². The van der Waals surface area contributed by atoms with Crippen molar-refractivity contribution in [3.8, 4) is 22.8 Å². The predicted molar refractivity (Wildman–Crippen MR) is 119 cm³/mol. The molecule has 5 rings (SSSR count). The Morgan fingerprint density at radius 3 is 2.91 bits per heavy atom. The molecule has 1 aliphatic rings. The summed E-state index contributed by atoms with van der Waals surface area (Å²) in [5, 5.41) is 19.9. The fourth-order valence-electron chi connectivity index (χ4n) is 3.77. The zero-order valence-electron chi connectivity index (χ0n) is 17.7. The van der Waals surface area contributed by atoms with Gasteiger partial charge in [0.25, 0.3) is 5.91 Å². The van der Waals surface area contributed by atoms with Crippen LogP contribution in [0.15, 0.2) is 58.3 Å². The predicted octanol–water partition coefficient (Wildman–Crippen LogP) is 2.38. The van der Waals surface area contributed by atoms with Crippen molar-refractivity contribution < 1.29 is 14.2 Å². The van der Waals surface area contributed by atoms with Crippen LogP contribution in [0.4, 0.5) is 5.82 Å². The zero-order chi connectivity index (χ0) is 22.8. The van der Waals surface area contributed by atoms with E-state index in [1.54, 1.807) is 18.2 Å². The molecule has 0 radical (unpaired) electrons. The molecular formula is C22H20N8O3. The number of fused-ring (bicyclic) bond motifs is 1. The van der Waals surface area contributed by atoms with E-state index in [-0.39, 0.29) is 17.3 Å². The smallest absolute Gasteiger partial charge is 0.294 e. The monoisotopic (exact) mass is 444 g/mol. The zero-order valence-corrected chi connectivity index (χ0v) is 17.7. The summed E-state index contributed by atoms with van der Waals surface area (Å²) in [4.78, 5) is 13.1. The first-order chi connectivity index (χ1) is 16.2.